The van der Waals surface area contributed by atoms with Gasteiger partial charge in [-0.2, -0.15) is 0 Å². The quantitative estimate of drug-likeness (QED) is 0.294. The third kappa shape index (κ3) is 7.40. The maximum Gasteiger partial charge on any atom is 0.264 e. The Hall–Kier alpha value is -3.43. The molecule has 0 aliphatic heterocycles. The largest absolute Gasteiger partial charge is 0.352 e. The number of carbonyl (C=O) groups is 2. The number of nitrogens with one attached hydrogen (secondary N) is 1. The average molecular weight is 588 g/mol. The van der Waals surface area contributed by atoms with Gasteiger partial charge in [-0.3, -0.25) is 13.9 Å². The van der Waals surface area contributed by atoms with Crippen molar-refractivity contribution in [2.45, 2.75) is 64.1 Å². The summed E-state index contributed by atoms with van der Waals surface area (Å²) in [7, 11) is -4.36. The standard InChI is InChI=1S/C30H35ClFN3O4S/c1-5-22(4)33-30(37)27(6-2)34(19-23-11-7-8-12-25(23)31)29(36)20-35(28-14-10-9-13-26(28)32)40(38,39)24-17-15-21(3)16-18-24/h7-18,22,27H,5-6,19-20H2,1-4H3,(H,33,37)/t22-,27+/m0/s1. The number of aryl methyl sites for hydroxylation is 1. The van der Waals surface area contributed by atoms with Crippen LogP contribution in [0.2, 0.25) is 5.02 Å². The van der Waals surface area contributed by atoms with Gasteiger partial charge >= 0.3 is 0 Å². The molecule has 0 spiro atoms. The van der Waals surface area contributed by atoms with Crippen molar-refractivity contribution in [1.82, 2.24) is 10.2 Å². The number of carbonyl (C=O) groups excluding carboxylic acids is 2. The minimum Gasteiger partial charge on any atom is -0.352 e. The predicted molar refractivity (Wildman–Crippen MR) is 156 cm³/mol. The van der Waals surface area contributed by atoms with Crippen LogP contribution in [0.5, 0.6) is 0 Å². The molecule has 214 valence electrons. The van der Waals surface area contributed by atoms with Crippen molar-refractivity contribution >= 4 is 39.1 Å². The van der Waals surface area contributed by atoms with Crippen molar-refractivity contribution in [3.05, 3.63) is 94.8 Å². The first-order chi connectivity index (χ1) is 19.0. The van der Waals surface area contributed by atoms with Crippen LogP contribution >= 0.6 is 11.6 Å². The normalized spacial score (nSPS) is 12.8. The fourth-order valence-electron chi connectivity index (χ4n) is 4.18. The van der Waals surface area contributed by atoms with E-state index < -0.39 is 34.3 Å². The van der Waals surface area contributed by atoms with Gasteiger partial charge in [0.2, 0.25) is 11.8 Å². The first-order valence-corrected chi connectivity index (χ1v) is 15.0. The molecular weight excluding hydrogens is 553 g/mol. The van der Waals surface area contributed by atoms with Gasteiger partial charge in [0.25, 0.3) is 10.0 Å². The van der Waals surface area contributed by atoms with Crippen molar-refractivity contribution in [1.29, 1.82) is 0 Å². The fraction of sp³-hybridized carbons (Fsp3) is 0.333. The van der Waals surface area contributed by atoms with Gasteiger partial charge in [-0.15, -0.1) is 0 Å². The van der Waals surface area contributed by atoms with Gasteiger partial charge < -0.3 is 10.2 Å². The molecule has 0 unspecified atom stereocenters. The molecule has 0 heterocycles. The van der Waals surface area contributed by atoms with Gasteiger partial charge in [-0.25, -0.2) is 12.8 Å². The zero-order valence-corrected chi connectivity index (χ0v) is 24.7. The second-order valence-electron chi connectivity index (χ2n) is 9.63. The summed E-state index contributed by atoms with van der Waals surface area (Å²) in [5.41, 5.74) is 1.16. The smallest absolute Gasteiger partial charge is 0.264 e. The minimum absolute atomic E-state index is 0.0410. The third-order valence-corrected chi connectivity index (χ3v) is 8.84. The Bertz CT molecular complexity index is 1430. The average Bonchev–Trinajstić information content (AvgIpc) is 2.93. The summed E-state index contributed by atoms with van der Waals surface area (Å²) in [4.78, 5) is 28.5. The maximum atomic E-state index is 15.0. The van der Waals surface area contributed by atoms with Crippen LogP contribution < -0.4 is 9.62 Å². The molecule has 3 aromatic carbocycles. The van der Waals surface area contributed by atoms with E-state index in [4.69, 9.17) is 11.6 Å². The number of sulfonamides is 1. The van der Waals surface area contributed by atoms with Crippen LogP contribution in [-0.4, -0.2) is 43.8 Å². The first kappa shape index (κ1) is 31.1. The van der Waals surface area contributed by atoms with E-state index in [1.807, 2.05) is 20.8 Å². The van der Waals surface area contributed by atoms with Crippen LogP contribution in [0.25, 0.3) is 0 Å². The Balaban J connectivity index is 2.08. The zero-order valence-electron chi connectivity index (χ0n) is 23.1. The van der Waals surface area contributed by atoms with Crippen molar-refractivity contribution in [2.24, 2.45) is 0 Å². The van der Waals surface area contributed by atoms with Gasteiger partial charge in [0.15, 0.2) is 0 Å². The van der Waals surface area contributed by atoms with Crippen LogP contribution in [0.4, 0.5) is 10.1 Å². The molecule has 3 rings (SSSR count). The molecule has 0 aliphatic rings. The van der Waals surface area contributed by atoms with Crippen molar-refractivity contribution in [2.75, 3.05) is 10.8 Å². The fourth-order valence-corrected chi connectivity index (χ4v) is 5.79. The van der Waals surface area contributed by atoms with E-state index in [0.717, 1.165) is 15.9 Å². The molecule has 0 saturated carbocycles. The zero-order chi connectivity index (χ0) is 29.4. The Morgan fingerprint density at radius 2 is 1.57 bits per heavy atom. The monoisotopic (exact) mass is 587 g/mol. The lowest BCUT2D eigenvalue weighted by molar-refractivity contribution is -0.140. The van der Waals surface area contributed by atoms with Gasteiger partial charge in [0.1, 0.15) is 18.4 Å². The number of benzene rings is 3. The molecule has 0 radical (unpaired) electrons. The van der Waals surface area contributed by atoms with Crippen LogP contribution in [-0.2, 0) is 26.2 Å². The highest BCUT2D eigenvalue weighted by atomic mass is 35.5. The molecule has 2 atom stereocenters. The summed E-state index contributed by atoms with van der Waals surface area (Å²) in [5.74, 6) is -1.84. The minimum atomic E-state index is -4.36. The van der Waals surface area contributed by atoms with Crippen molar-refractivity contribution in [3.8, 4) is 0 Å². The molecule has 10 heteroatoms. The third-order valence-electron chi connectivity index (χ3n) is 6.69. The van der Waals surface area contributed by atoms with Crippen LogP contribution in [0.3, 0.4) is 0 Å². The number of anilines is 1. The molecule has 0 aromatic heterocycles. The van der Waals surface area contributed by atoms with Crippen molar-refractivity contribution in [3.63, 3.8) is 0 Å². The lowest BCUT2D eigenvalue weighted by Crippen LogP contribution is -2.53. The molecule has 1 N–H and O–H groups in total. The highest BCUT2D eigenvalue weighted by Gasteiger charge is 2.35. The Labute approximate surface area is 241 Å². The molecule has 0 bridgehead atoms. The summed E-state index contributed by atoms with van der Waals surface area (Å²) in [6.45, 7) is 6.61. The Kier molecular flexibility index (Phi) is 10.7. The summed E-state index contributed by atoms with van der Waals surface area (Å²) in [5, 5.41) is 3.31. The van der Waals surface area contributed by atoms with E-state index in [1.165, 1.54) is 35.2 Å². The summed E-state index contributed by atoms with van der Waals surface area (Å²) in [6.07, 6.45) is 0.958. The molecule has 2 amide bonds. The molecule has 0 fully saturated rings. The second-order valence-corrected chi connectivity index (χ2v) is 11.9. The Morgan fingerprint density at radius 1 is 0.950 bits per heavy atom. The van der Waals surface area contributed by atoms with E-state index in [0.29, 0.717) is 17.0 Å². The van der Waals surface area contributed by atoms with Crippen LogP contribution in [0.15, 0.2) is 77.7 Å². The number of amides is 2. The van der Waals surface area contributed by atoms with E-state index in [9.17, 15) is 18.0 Å². The van der Waals surface area contributed by atoms with Crippen LogP contribution in [0, 0.1) is 12.7 Å². The van der Waals surface area contributed by atoms with Gasteiger partial charge in [0, 0.05) is 17.6 Å². The molecule has 7 nitrogen and oxygen atoms in total. The summed E-state index contributed by atoms with van der Waals surface area (Å²) in [6, 6.07) is 17.3. The topological polar surface area (TPSA) is 86.8 Å². The van der Waals surface area contributed by atoms with Gasteiger partial charge in [-0.1, -0.05) is 73.5 Å². The molecule has 0 aliphatic carbocycles. The molecular formula is C30H35ClFN3O4S. The molecule has 0 saturated heterocycles. The lowest BCUT2D eigenvalue weighted by atomic mass is 10.1. The van der Waals surface area contributed by atoms with E-state index in [-0.39, 0.29) is 35.5 Å². The van der Waals surface area contributed by atoms with Gasteiger partial charge in [-0.05, 0) is 62.6 Å². The SMILES string of the molecule is CC[C@H](C(=O)N[C@@H](C)CC)N(Cc1ccccc1Cl)C(=O)CN(c1ccccc1F)S(=O)(=O)c1ccc(C)cc1. The summed E-state index contributed by atoms with van der Waals surface area (Å²) >= 11 is 6.40. The molecule has 3 aromatic rings. The number of nitrogens with zero attached hydrogens (tertiary/aromatic N) is 2. The van der Waals surface area contributed by atoms with E-state index in [1.54, 1.807) is 43.3 Å². The lowest BCUT2D eigenvalue weighted by Gasteiger charge is -2.34. The summed E-state index contributed by atoms with van der Waals surface area (Å²) < 4.78 is 43.4. The van der Waals surface area contributed by atoms with E-state index >= 15 is 4.39 Å². The molecule has 40 heavy (non-hydrogen) atoms. The van der Waals surface area contributed by atoms with Crippen LogP contribution in [0.1, 0.15) is 44.7 Å². The first-order valence-electron chi connectivity index (χ1n) is 13.2. The Morgan fingerprint density at radius 3 is 2.17 bits per heavy atom. The highest BCUT2D eigenvalue weighted by molar-refractivity contribution is 7.92. The van der Waals surface area contributed by atoms with Crippen molar-refractivity contribution < 1.29 is 22.4 Å². The second kappa shape index (κ2) is 13.8. The van der Waals surface area contributed by atoms with Gasteiger partial charge in [0.05, 0.1) is 10.6 Å². The number of rotatable bonds is 12. The maximum absolute atomic E-state index is 15.0. The van der Waals surface area contributed by atoms with E-state index in [2.05, 4.69) is 5.32 Å². The predicted octanol–water partition coefficient (Wildman–Crippen LogP) is 5.70. The number of halogens is 2. The number of hydrogen-bond acceptors (Lipinski definition) is 4. The highest BCUT2D eigenvalue weighted by Crippen LogP contribution is 2.28. The number of para-hydroxylation sites is 1. The number of hydrogen-bond donors (Lipinski definition) is 1.